The molecule has 20 heavy (non-hydrogen) atoms. The third kappa shape index (κ3) is 4.73. The van der Waals surface area contributed by atoms with Gasteiger partial charge in [-0.3, -0.25) is 0 Å². The minimum Gasteiger partial charge on any atom is -0.388 e. The molecular formula is C19H27N. The van der Waals surface area contributed by atoms with Crippen molar-refractivity contribution in [2.24, 2.45) is 5.41 Å². The van der Waals surface area contributed by atoms with Gasteiger partial charge in [-0.25, -0.2) is 0 Å². The van der Waals surface area contributed by atoms with Gasteiger partial charge in [0.2, 0.25) is 0 Å². The Labute approximate surface area is 124 Å². The lowest BCUT2D eigenvalue weighted by Gasteiger charge is -2.14. The van der Waals surface area contributed by atoms with Crippen LogP contribution in [0, 0.1) is 5.41 Å². The van der Waals surface area contributed by atoms with Crippen molar-refractivity contribution in [3.05, 3.63) is 71.5 Å². The van der Waals surface area contributed by atoms with E-state index in [1.807, 2.05) is 20.0 Å². The van der Waals surface area contributed by atoms with Crippen LogP contribution in [0.15, 0.2) is 71.5 Å². The molecule has 0 radical (unpaired) electrons. The predicted molar refractivity (Wildman–Crippen MR) is 90.5 cm³/mol. The van der Waals surface area contributed by atoms with Gasteiger partial charge in [-0.15, -0.1) is 0 Å². The average molecular weight is 269 g/mol. The topological polar surface area (TPSA) is 12.0 Å². The van der Waals surface area contributed by atoms with Crippen LogP contribution in [0.3, 0.4) is 0 Å². The Kier molecular flexibility index (Phi) is 6.30. The second-order valence-corrected chi connectivity index (χ2v) is 5.52. The molecule has 1 nitrogen and oxygen atoms in total. The lowest BCUT2D eigenvalue weighted by Crippen LogP contribution is -2.09. The summed E-state index contributed by atoms with van der Waals surface area (Å²) in [5.74, 6) is 0. The first-order chi connectivity index (χ1) is 9.54. The van der Waals surface area contributed by atoms with Crippen LogP contribution in [0.5, 0.6) is 0 Å². The van der Waals surface area contributed by atoms with E-state index in [2.05, 4.69) is 74.7 Å². The van der Waals surface area contributed by atoms with E-state index in [1.54, 1.807) is 0 Å². The SMILES string of the molecule is C\C=C/C=C(NC)\C(=C/CC)C1=CC=CC(C)(C)C=C1. The Balaban J connectivity index is 3.19. The molecule has 0 spiro atoms. The second-order valence-electron chi connectivity index (χ2n) is 5.52. The zero-order valence-electron chi connectivity index (χ0n) is 13.4. The Morgan fingerprint density at radius 1 is 1.30 bits per heavy atom. The van der Waals surface area contributed by atoms with Crippen LogP contribution in [-0.2, 0) is 0 Å². The molecule has 108 valence electrons. The summed E-state index contributed by atoms with van der Waals surface area (Å²) < 4.78 is 0. The Morgan fingerprint density at radius 3 is 2.65 bits per heavy atom. The van der Waals surface area contributed by atoms with E-state index in [0.29, 0.717) is 0 Å². The zero-order valence-corrected chi connectivity index (χ0v) is 13.4. The molecule has 0 aromatic rings. The zero-order chi connectivity index (χ0) is 15.0. The largest absolute Gasteiger partial charge is 0.388 e. The van der Waals surface area contributed by atoms with Crippen molar-refractivity contribution in [3.63, 3.8) is 0 Å². The lowest BCUT2D eigenvalue weighted by molar-refractivity contribution is 0.627. The summed E-state index contributed by atoms with van der Waals surface area (Å²) in [6, 6.07) is 0. The molecule has 0 amide bonds. The van der Waals surface area contributed by atoms with Crippen molar-refractivity contribution < 1.29 is 0 Å². The second kappa shape index (κ2) is 7.74. The van der Waals surface area contributed by atoms with Gasteiger partial charge in [0.25, 0.3) is 0 Å². The number of hydrogen-bond donors (Lipinski definition) is 1. The molecule has 0 aromatic heterocycles. The van der Waals surface area contributed by atoms with Gasteiger partial charge in [-0.05, 0) is 25.0 Å². The Morgan fingerprint density at radius 2 is 2.05 bits per heavy atom. The summed E-state index contributed by atoms with van der Waals surface area (Å²) in [4.78, 5) is 0. The number of hydrogen-bond acceptors (Lipinski definition) is 1. The molecule has 0 aromatic carbocycles. The van der Waals surface area contributed by atoms with Crippen LogP contribution >= 0.6 is 0 Å². The minimum absolute atomic E-state index is 0.114. The van der Waals surface area contributed by atoms with Gasteiger partial charge in [0, 0.05) is 23.7 Å². The molecule has 0 heterocycles. The standard InChI is InChI=1S/C19H27N/c1-6-8-12-18(20-5)17(10-7-2)16-11-9-14-19(3,4)15-13-16/h6,8-15,20H,7H2,1-5H3/b8-6-,17-10-,18-12+. The molecule has 0 fully saturated rings. The average Bonchev–Trinajstić information content (AvgIpc) is 2.59. The van der Waals surface area contributed by atoms with Crippen molar-refractivity contribution in [2.75, 3.05) is 7.05 Å². The molecule has 1 rings (SSSR count). The third-order valence-corrected chi connectivity index (χ3v) is 3.23. The fourth-order valence-electron chi connectivity index (χ4n) is 2.08. The highest BCUT2D eigenvalue weighted by molar-refractivity contribution is 5.54. The maximum Gasteiger partial charge on any atom is 0.0413 e. The van der Waals surface area contributed by atoms with Gasteiger partial charge < -0.3 is 5.32 Å². The summed E-state index contributed by atoms with van der Waals surface area (Å²) >= 11 is 0. The smallest absolute Gasteiger partial charge is 0.0413 e. The number of allylic oxidation sites excluding steroid dienone is 10. The van der Waals surface area contributed by atoms with Gasteiger partial charge in [0.1, 0.15) is 0 Å². The molecule has 0 atom stereocenters. The van der Waals surface area contributed by atoms with Crippen LogP contribution < -0.4 is 5.32 Å². The molecule has 0 unspecified atom stereocenters. The Bertz CT molecular complexity index is 494. The van der Waals surface area contributed by atoms with Crippen molar-refractivity contribution in [1.29, 1.82) is 0 Å². The number of rotatable bonds is 5. The van der Waals surface area contributed by atoms with E-state index < -0.39 is 0 Å². The summed E-state index contributed by atoms with van der Waals surface area (Å²) in [5, 5.41) is 3.30. The molecule has 0 bridgehead atoms. The molecule has 0 saturated heterocycles. The summed E-state index contributed by atoms with van der Waals surface area (Å²) in [7, 11) is 1.97. The molecule has 1 aliphatic rings. The summed E-state index contributed by atoms with van der Waals surface area (Å²) in [6.45, 7) is 8.63. The quantitative estimate of drug-likeness (QED) is 0.686. The summed E-state index contributed by atoms with van der Waals surface area (Å²) in [6.07, 6.45) is 20.6. The van der Waals surface area contributed by atoms with Crippen molar-refractivity contribution in [3.8, 4) is 0 Å². The van der Waals surface area contributed by atoms with Gasteiger partial charge in [-0.1, -0.05) is 69.4 Å². The predicted octanol–water partition coefficient (Wildman–Crippen LogP) is 5.08. The number of nitrogens with one attached hydrogen (secondary N) is 1. The van der Waals surface area contributed by atoms with E-state index in [4.69, 9.17) is 0 Å². The Hall–Kier alpha value is -1.76. The lowest BCUT2D eigenvalue weighted by atomic mass is 9.92. The van der Waals surface area contributed by atoms with Gasteiger partial charge in [-0.2, -0.15) is 0 Å². The fraction of sp³-hybridized carbons (Fsp3) is 0.368. The maximum absolute atomic E-state index is 3.30. The van der Waals surface area contributed by atoms with E-state index >= 15 is 0 Å². The molecule has 1 heteroatoms. The van der Waals surface area contributed by atoms with E-state index in [1.165, 1.54) is 11.1 Å². The van der Waals surface area contributed by atoms with Crippen LogP contribution in [0.2, 0.25) is 0 Å². The summed E-state index contributed by atoms with van der Waals surface area (Å²) in [5.41, 5.74) is 3.77. The van der Waals surface area contributed by atoms with Crippen LogP contribution in [0.25, 0.3) is 0 Å². The molecule has 0 saturated carbocycles. The molecule has 0 aliphatic heterocycles. The minimum atomic E-state index is 0.114. The highest BCUT2D eigenvalue weighted by Gasteiger charge is 2.13. The molecule has 1 N–H and O–H groups in total. The van der Waals surface area contributed by atoms with Gasteiger partial charge >= 0.3 is 0 Å². The normalized spacial score (nSPS) is 19.1. The van der Waals surface area contributed by atoms with Crippen LogP contribution in [0.1, 0.15) is 34.1 Å². The first-order valence-corrected chi connectivity index (χ1v) is 7.34. The highest BCUT2D eigenvalue weighted by atomic mass is 14.8. The molecular weight excluding hydrogens is 242 g/mol. The van der Waals surface area contributed by atoms with E-state index in [-0.39, 0.29) is 5.41 Å². The van der Waals surface area contributed by atoms with Crippen molar-refractivity contribution in [1.82, 2.24) is 5.32 Å². The highest BCUT2D eigenvalue weighted by Crippen LogP contribution is 2.27. The van der Waals surface area contributed by atoms with Crippen LogP contribution in [-0.4, -0.2) is 7.05 Å². The van der Waals surface area contributed by atoms with Crippen molar-refractivity contribution in [2.45, 2.75) is 34.1 Å². The fourth-order valence-corrected chi connectivity index (χ4v) is 2.08. The monoisotopic (exact) mass is 269 g/mol. The van der Waals surface area contributed by atoms with Crippen LogP contribution in [0.4, 0.5) is 0 Å². The molecule has 1 aliphatic carbocycles. The first kappa shape index (κ1) is 16.3. The van der Waals surface area contributed by atoms with Crippen molar-refractivity contribution >= 4 is 0 Å². The van der Waals surface area contributed by atoms with E-state index in [0.717, 1.165) is 12.1 Å². The van der Waals surface area contributed by atoms with E-state index in [9.17, 15) is 0 Å². The third-order valence-electron chi connectivity index (χ3n) is 3.23. The van der Waals surface area contributed by atoms with Gasteiger partial charge in [0.05, 0.1) is 0 Å². The van der Waals surface area contributed by atoms with Gasteiger partial charge in [0.15, 0.2) is 0 Å². The first-order valence-electron chi connectivity index (χ1n) is 7.34. The number of likely N-dealkylation sites (N-methyl/N-ethyl adjacent to an activating group) is 1. The maximum atomic E-state index is 3.30.